The quantitative estimate of drug-likeness (QED) is 0.742. The molecule has 2 aromatic carbocycles. The zero-order chi connectivity index (χ0) is 18.3. The molecule has 0 saturated heterocycles. The van der Waals surface area contributed by atoms with Gasteiger partial charge in [-0.15, -0.1) is 0 Å². The summed E-state index contributed by atoms with van der Waals surface area (Å²) in [5, 5.41) is 5.36. The molecule has 2 aromatic rings. The van der Waals surface area contributed by atoms with Crippen molar-refractivity contribution in [3.63, 3.8) is 0 Å². The molecular weight excluding hydrogens is 340 g/mol. The number of hydrogen-bond donors (Lipinski definition) is 2. The largest absolute Gasteiger partial charge is 0.492 e. The Balaban J connectivity index is 1.76. The molecule has 0 aliphatic rings. The van der Waals surface area contributed by atoms with E-state index in [-0.39, 0.29) is 11.8 Å². The maximum Gasteiger partial charge on any atom is 0.319 e. The van der Waals surface area contributed by atoms with Crippen molar-refractivity contribution >= 4 is 21.6 Å². The van der Waals surface area contributed by atoms with Gasteiger partial charge < -0.3 is 15.4 Å². The minimum atomic E-state index is -3.11. The predicted octanol–water partition coefficient (Wildman–Crippen LogP) is 2.74. The molecule has 134 valence electrons. The van der Waals surface area contributed by atoms with Gasteiger partial charge in [-0.05, 0) is 36.8 Å². The number of aryl methyl sites for hydroxylation is 1. The highest BCUT2D eigenvalue weighted by atomic mass is 32.2. The summed E-state index contributed by atoms with van der Waals surface area (Å²) in [7, 11) is -3.11. The zero-order valence-corrected chi connectivity index (χ0v) is 15.1. The van der Waals surface area contributed by atoms with Gasteiger partial charge in [0.05, 0.1) is 12.3 Å². The summed E-state index contributed by atoms with van der Waals surface area (Å²) in [6, 6.07) is 14.1. The number of anilines is 1. The summed E-state index contributed by atoms with van der Waals surface area (Å²) in [6.07, 6.45) is 1.17. The molecule has 7 heteroatoms. The normalized spacial score (nSPS) is 11.0. The van der Waals surface area contributed by atoms with Crippen LogP contribution < -0.4 is 15.4 Å². The van der Waals surface area contributed by atoms with Crippen LogP contribution in [0.4, 0.5) is 10.5 Å². The third-order valence-corrected chi connectivity index (χ3v) is 4.15. The van der Waals surface area contributed by atoms with Crippen LogP contribution in [0.5, 0.6) is 5.75 Å². The van der Waals surface area contributed by atoms with Crippen LogP contribution in [0.15, 0.2) is 48.5 Å². The second-order valence-corrected chi connectivity index (χ2v) is 7.95. The van der Waals surface area contributed by atoms with E-state index in [9.17, 15) is 13.2 Å². The number of nitrogens with one attached hydrogen (secondary N) is 2. The molecule has 0 bridgehead atoms. The van der Waals surface area contributed by atoms with Crippen LogP contribution in [-0.4, -0.2) is 33.9 Å². The van der Waals surface area contributed by atoms with Gasteiger partial charge in [-0.1, -0.05) is 29.8 Å². The minimum Gasteiger partial charge on any atom is -0.492 e. The summed E-state index contributed by atoms with van der Waals surface area (Å²) in [5.41, 5.74) is 2.32. The second kappa shape index (κ2) is 8.53. The van der Waals surface area contributed by atoms with Crippen molar-refractivity contribution in [2.24, 2.45) is 0 Å². The number of sulfone groups is 1. The van der Waals surface area contributed by atoms with E-state index >= 15 is 0 Å². The van der Waals surface area contributed by atoms with Gasteiger partial charge in [0, 0.05) is 11.9 Å². The second-order valence-electron chi connectivity index (χ2n) is 5.81. The number of rotatable bonds is 7. The Kier molecular flexibility index (Phi) is 6.41. The topological polar surface area (TPSA) is 84.5 Å². The molecule has 0 heterocycles. The molecule has 0 aromatic heterocycles. The average molecular weight is 362 g/mol. The number of benzene rings is 2. The van der Waals surface area contributed by atoms with Crippen molar-refractivity contribution in [1.82, 2.24) is 5.32 Å². The van der Waals surface area contributed by atoms with Crippen LogP contribution in [0.25, 0.3) is 0 Å². The first-order chi connectivity index (χ1) is 11.8. The summed E-state index contributed by atoms with van der Waals surface area (Å²) >= 11 is 0. The highest BCUT2D eigenvalue weighted by Gasteiger charge is 2.06. The van der Waals surface area contributed by atoms with Gasteiger partial charge in [0.15, 0.2) is 9.84 Å². The number of amides is 2. The highest BCUT2D eigenvalue weighted by Crippen LogP contribution is 2.13. The van der Waals surface area contributed by atoms with E-state index in [0.29, 0.717) is 24.4 Å². The van der Waals surface area contributed by atoms with E-state index in [1.165, 1.54) is 6.26 Å². The Labute approximate surface area is 148 Å². The first-order valence-corrected chi connectivity index (χ1v) is 9.89. The average Bonchev–Trinajstić information content (AvgIpc) is 2.52. The van der Waals surface area contributed by atoms with Crippen molar-refractivity contribution in [2.45, 2.75) is 12.7 Å². The third kappa shape index (κ3) is 7.26. The van der Waals surface area contributed by atoms with E-state index in [2.05, 4.69) is 10.6 Å². The van der Waals surface area contributed by atoms with Gasteiger partial charge in [-0.3, -0.25) is 0 Å². The van der Waals surface area contributed by atoms with Crippen molar-refractivity contribution in [1.29, 1.82) is 0 Å². The molecule has 0 fully saturated rings. The fourth-order valence-corrected chi connectivity index (χ4v) is 2.97. The third-order valence-electron chi connectivity index (χ3n) is 3.29. The Morgan fingerprint density at radius 3 is 2.52 bits per heavy atom. The Bertz CT molecular complexity index is 817. The summed E-state index contributed by atoms with van der Waals surface area (Å²) < 4.78 is 28.2. The lowest BCUT2D eigenvalue weighted by atomic mass is 10.2. The van der Waals surface area contributed by atoms with Crippen molar-refractivity contribution < 1.29 is 17.9 Å². The number of ether oxygens (including phenoxy) is 1. The molecule has 0 spiro atoms. The monoisotopic (exact) mass is 362 g/mol. The first-order valence-electron chi connectivity index (χ1n) is 7.83. The van der Waals surface area contributed by atoms with E-state index < -0.39 is 9.84 Å². The summed E-state index contributed by atoms with van der Waals surface area (Å²) in [4.78, 5) is 11.9. The Morgan fingerprint density at radius 2 is 1.84 bits per heavy atom. The number of carbonyl (C=O) groups is 1. The Morgan fingerprint density at radius 1 is 1.12 bits per heavy atom. The molecule has 0 radical (unpaired) electrons. The van der Waals surface area contributed by atoms with Gasteiger partial charge >= 0.3 is 6.03 Å². The Hall–Kier alpha value is -2.54. The van der Waals surface area contributed by atoms with E-state index in [4.69, 9.17) is 4.74 Å². The molecule has 2 N–H and O–H groups in total. The fraction of sp³-hybridized carbons (Fsp3) is 0.278. The van der Waals surface area contributed by atoms with E-state index in [1.807, 2.05) is 31.2 Å². The maximum atomic E-state index is 11.9. The standard InChI is InChI=1S/C18H22N2O4S/c1-14-6-8-17(9-7-14)24-11-10-19-18(21)20-16-5-3-4-15(12-16)13-25(2,22)23/h3-9,12H,10-11,13H2,1-2H3,(H2,19,20,21). The molecule has 0 aliphatic heterocycles. The fourth-order valence-electron chi connectivity index (χ4n) is 2.18. The van der Waals surface area contributed by atoms with Crippen molar-refractivity contribution in [3.05, 3.63) is 59.7 Å². The molecule has 25 heavy (non-hydrogen) atoms. The minimum absolute atomic E-state index is 0.0610. The molecule has 2 rings (SSSR count). The van der Waals surface area contributed by atoms with Crippen LogP contribution in [0.1, 0.15) is 11.1 Å². The molecule has 2 amide bonds. The lowest BCUT2D eigenvalue weighted by Gasteiger charge is -2.10. The molecule has 0 saturated carbocycles. The predicted molar refractivity (Wildman–Crippen MR) is 98.7 cm³/mol. The smallest absolute Gasteiger partial charge is 0.319 e. The van der Waals surface area contributed by atoms with Crippen LogP contribution >= 0.6 is 0 Å². The maximum absolute atomic E-state index is 11.9. The van der Waals surface area contributed by atoms with Crippen LogP contribution in [0.2, 0.25) is 0 Å². The van der Waals surface area contributed by atoms with Crippen LogP contribution in [0.3, 0.4) is 0 Å². The lowest BCUT2D eigenvalue weighted by Crippen LogP contribution is -2.32. The zero-order valence-electron chi connectivity index (χ0n) is 14.3. The van der Waals surface area contributed by atoms with Gasteiger partial charge in [-0.25, -0.2) is 13.2 Å². The number of urea groups is 1. The van der Waals surface area contributed by atoms with Crippen LogP contribution in [-0.2, 0) is 15.6 Å². The summed E-state index contributed by atoms with van der Waals surface area (Å²) in [6.45, 7) is 2.70. The highest BCUT2D eigenvalue weighted by molar-refractivity contribution is 7.89. The van der Waals surface area contributed by atoms with Gasteiger partial charge in [0.25, 0.3) is 0 Å². The van der Waals surface area contributed by atoms with Crippen molar-refractivity contribution in [3.8, 4) is 5.75 Å². The number of carbonyl (C=O) groups excluding carboxylic acids is 1. The number of hydrogen-bond acceptors (Lipinski definition) is 4. The molecule has 0 unspecified atom stereocenters. The summed E-state index contributed by atoms with van der Waals surface area (Å²) in [5.74, 6) is 0.690. The molecular formula is C18H22N2O4S. The molecule has 6 nitrogen and oxygen atoms in total. The molecule has 0 aliphatic carbocycles. The van der Waals surface area contributed by atoms with E-state index in [0.717, 1.165) is 11.3 Å². The van der Waals surface area contributed by atoms with Crippen molar-refractivity contribution in [2.75, 3.05) is 24.7 Å². The van der Waals surface area contributed by atoms with Gasteiger partial charge in [0.1, 0.15) is 12.4 Å². The molecule has 0 atom stereocenters. The first kappa shape index (κ1) is 18.8. The van der Waals surface area contributed by atoms with Crippen LogP contribution in [0, 0.1) is 6.92 Å². The van der Waals surface area contributed by atoms with E-state index in [1.54, 1.807) is 24.3 Å². The van der Waals surface area contributed by atoms with Gasteiger partial charge in [0.2, 0.25) is 0 Å². The lowest BCUT2D eigenvalue weighted by molar-refractivity contribution is 0.247. The van der Waals surface area contributed by atoms with Gasteiger partial charge in [-0.2, -0.15) is 0 Å². The SMILES string of the molecule is Cc1ccc(OCCNC(=O)Nc2cccc(CS(C)(=O)=O)c2)cc1.